The maximum absolute atomic E-state index is 13.5. The summed E-state index contributed by atoms with van der Waals surface area (Å²) in [5.41, 5.74) is 3.13. The van der Waals surface area contributed by atoms with E-state index in [1.54, 1.807) is 30.3 Å². The van der Waals surface area contributed by atoms with Gasteiger partial charge < -0.3 is 10.4 Å². The molecule has 1 aliphatic rings. The van der Waals surface area contributed by atoms with Gasteiger partial charge in [0.15, 0.2) is 0 Å². The van der Waals surface area contributed by atoms with E-state index in [0.29, 0.717) is 21.7 Å². The molecule has 0 spiro atoms. The number of carbonyl (C=O) groups is 1. The quantitative estimate of drug-likeness (QED) is 0.279. The lowest BCUT2D eigenvalue weighted by atomic mass is 9.93. The van der Waals surface area contributed by atoms with E-state index in [4.69, 9.17) is 11.6 Å². The summed E-state index contributed by atoms with van der Waals surface area (Å²) in [5.74, 6) is -5.25. The summed E-state index contributed by atoms with van der Waals surface area (Å²) in [6.07, 6.45) is -1.58. The van der Waals surface area contributed by atoms with Crippen LogP contribution in [0.25, 0.3) is 6.08 Å². The molecule has 0 aliphatic heterocycles. The van der Waals surface area contributed by atoms with Crippen molar-refractivity contribution in [3.63, 3.8) is 0 Å². The molecule has 2 unspecified atom stereocenters. The molecule has 4 rings (SSSR count). The number of aliphatic hydroxyl groups is 1. The molecule has 3 aromatic rings. The van der Waals surface area contributed by atoms with Gasteiger partial charge in [-0.05, 0) is 71.7 Å². The van der Waals surface area contributed by atoms with Gasteiger partial charge in [-0.15, -0.1) is 0 Å². The minimum atomic E-state index is -5.65. The molecule has 206 valence electrons. The third-order valence-corrected chi connectivity index (χ3v) is 6.98. The molecular weight excluding hydrogens is 537 g/mol. The molecule has 3 aromatic carbocycles. The molecule has 0 saturated carbocycles. The molecular formula is C30H27ClF5NO2. The monoisotopic (exact) mass is 563 g/mol. The van der Waals surface area contributed by atoms with E-state index in [1.165, 1.54) is 24.3 Å². The fourth-order valence-electron chi connectivity index (χ4n) is 4.65. The summed E-state index contributed by atoms with van der Waals surface area (Å²) in [4.78, 5) is 13.5. The van der Waals surface area contributed by atoms with Crippen molar-refractivity contribution >= 4 is 23.6 Å². The summed E-state index contributed by atoms with van der Waals surface area (Å²) in [5, 5.41) is 14.5. The minimum absolute atomic E-state index is 0.0836. The molecule has 0 radical (unpaired) electrons. The Labute approximate surface area is 228 Å². The number of rotatable bonds is 8. The Morgan fingerprint density at radius 1 is 0.974 bits per heavy atom. The first-order valence-corrected chi connectivity index (χ1v) is 12.9. The highest BCUT2D eigenvalue weighted by atomic mass is 35.5. The van der Waals surface area contributed by atoms with Crippen LogP contribution in [0.2, 0.25) is 5.02 Å². The van der Waals surface area contributed by atoms with Gasteiger partial charge in [0, 0.05) is 17.0 Å². The average molecular weight is 564 g/mol. The Balaban J connectivity index is 1.59. The first-order chi connectivity index (χ1) is 18.4. The van der Waals surface area contributed by atoms with Gasteiger partial charge in [0.1, 0.15) is 0 Å². The minimum Gasteiger partial charge on any atom is -0.386 e. The number of aryl methyl sites for hydroxylation is 1. The highest BCUT2D eigenvalue weighted by Gasteiger charge is 2.57. The second-order valence-electron chi connectivity index (χ2n) is 9.65. The lowest BCUT2D eigenvalue weighted by Gasteiger charge is -2.26. The molecule has 3 nitrogen and oxygen atoms in total. The van der Waals surface area contributed by atoms with E-state index in [9.17, 15) is 31.9 Å². The van der Waals surface area contributed by atoms with Crippen LogP contribution >= 0.6 is 11.6 Å². The largest absolute Gasteiger partial charge is 0.453 e. The van der Waals surface area contributed by atoms with E-state index in [2.05, 4.69) is 5.32 Å². The molecule has 2 atom stereocenters. The zero-order valence-corrected chi connectivity index (χ0v) is 21.6. The number of nitrogens with one attached hydrogen (secondary N) is 1. The average Bonchev–Trinajstić information content (AvgIpc) is 3.14. The van der Waals surface area contributed by atoms with E-state index < -0.39 is 36.6 Å². The molecule has 0 saturated heterocycles. The molecule has 0 bridgehead atoms. The smallest absolute Gasteiger partial charge is 0.386 e. The highest BCUT2D eigenvalue weighted by Crippen LogP contribution is 2.38. The number of amides is 1. The molecule has 0 aromatic heterocycles. The number of alkyl halides is 5. The molecule has 1 amide bonds. The van der Waals surface area contributed by atoms with Gasteiger partial charge in [0.05, 0.1) is 12.1 Å². The molecule has 0 fully saturated rings. The van der Waals surface area contributed by atoms with Crippen LogP contribution in [0.15, 0.2) is 72.8 Å². The fraction of sp³-hybridized carbons (Fsp3) is 0.300. The second-order valence-corrected chi connectivity index (χ2v) is 10.1. The van der Waals surface area contributed by atoms with Gasteiger partial charge in [-0.3, -0.25) is 4.79 Å². The Hall–Kier alpha value is -3.23. The van der Waals surface area contributed by atoms with Gasteiger partial charge >= 0.3 is 12.1 Å². The van der Waals surface area contributed by atoms with Crippen LogP contribution in [0.1, 0.15) is 57.1 Å². The summed E-state index contributed by atoms with van der Waals surface area (Å²) in [7, 11) is 0. The number of halogens is 6. The Morgan fingerprint density at radius 2 is 1.67 bits per heavy atom. The number of hydrogen-bond acceptors (Lipinski definition) is 2. The third kappa shape index (κ3) is 7.05. The topological polar surface area (TPSA) is 49.3 Å². The zero-order valence-electron chi connectivity index (χ0n) is 20.8. The molecule has 2 N–H and O–H groups in total. The molecule has 9 heteroatoms. The number of allylic oxidation sites excluding steroid dienone is 1. The van der Waals surface area contributed by atoms with Gasteiger partial charge in [0.25, 0.3) is 5.91 Å². The van der Waals surface area contributed by atoms with Gasteiger partial charge in [-0.25, -0.2) is 0 Å². The number of carbonyl (C=O) groups excluding carboxylic acids is 1. The lowest BCUT2D eigenvalue weighted by Crippen LogP contribution is -2.41. The van der Waals surface area contributed by atoms with E-state index in [0.717, 1.165) is 30.4 Å². The SMILES string of the molecule is O=C(NC(Cc1ccc(CC(F)(F)C(F)(F)F)cc1)C(O)c1cccc(Cl)c1)c1cccc2c1C=CCCC2. The van der Waals surface area contributed by atoms with Crippen molar-refractivity contribution in [1.82, 2.24) is 5.32 Å². The predicted molar refractivity (Wildman–Crippen MR) is 141 cm³/mol. The van der Waals surface area contributed by atoms with Gasteiger partial charge in [-0.2, -0.15) is 22.0 Å². The zero-order chi connectivity index (χ0) is 28.2. The number of aliphatic hydroxyl groups excluding tert-OH is 1. The van der Waals surface area contributed by atoms with Crippen LogP contribution in [-0.2, 0) is 19.3 Å². The van der Waals surface area contributed by atoms with Crippen LogP contribution in [0, 0.1) is 0 Å². The van der Waals surface area contributed by atoms with Crippen molar-refractivity contribution in [2.45, 2.75) is 56.3 Å². The van der Waals surface area contributed by atoms with Crippen molar-refractivity contribution in [2.24, 2.45) is 0 Å². The predicted octanol–water partition coefficient (Wildman–Crippen LogP) is 7.50. The lowest BCUT2D eigenvalue weighted by molar-refractivity contribution is -0.281. The third-order valence-electron chi connectivity index (χ3n) is 6.75. The summed E-state index contributed by atoms with van der Waals surface area (Å²) in [6, 6.07) is 16.4. The summed E-state index contributed by atoms with van der Waals surface area (Å²) >= 11 is 6.11. The molecule has 1 aliphatic carbocycles. The van der Waals surface area contributed by atoms with Crippen molar-refractivity contribution in [2.75, 3.05) is 0 Å². The van der Waals surface area contributed by atoms with Gasteiger partial charge in [0.2, 0.25) is 0 Å². The van der Waals surface area contributed by atoms with Crippen LogP contribution in [0.5, 0.6) is 0 Å². The van der Waals surface area contributed by atoms with Crippen molar-refractivity contribution in [1.29, 1.82) is 0 Å². The molecule has 0 heterocycles. The molecule has 39 heavy (non-hydrogen) atoms. The number of fused-ring (bicyclic) bond motifs is 1. The van der Waals surface area contributed by atoms with Crippen LogP contribution in [-0.4, -0.2) is 29.2 Å². The van der Waals surface area contributed by atoms with Crippen LogP contribution in [0.4, 0.5) is 22.0 Å². The Morgan fingerprint density at radius 3 is 2.36 bits per heavy atom. The first-order valence-electron chi connectivity index (χ1n) is 12.5. The highest BCUT2D eigenvalue weighted by molar-refractivity contribution is 6.30. The van der Waals surface area contributed by atoms with Crippen LogP contribution in [0.3, 0.4) is 0 Å². The summed E-state index contributed by atoms with van der Waals surface area (Å²) < 4.78 is 64.8. The number of benzene rings is 3. The fourth-order valence-corrected chi connectivity index (χ4v) is 4.85. The normalized spacial score (nSPS) is 15.3. The summed E-state index contributed by atoms with van der Waals surface area (Å²) in [6.45, 7) is 0. The maximum atomic E-state index is 13.5. The van der Waals surface area contributed by atoms with Gasteiger partial charge in [-0.1, -0.05) is 72.3 Å². The van der Waals surface area contributed by atoms with E-state index >= 15 is 0 Å². The number of hydrogen-bond donors (Lipinski definition) is 2. The van der Waals surface area contributed by atoms with Crippen molar-refractivity contribution < 1.29 is 31.9 Å². The van der Waals surface area contributed by atoms with Crippen LogP contribution < -0.4 is 5.32 Å². The standard InChI is InChI=1S/C30H27ClF5NO2/c31-23-9-4-8-22(17-23)27(38)26(16-19-12-14-20(15-13-19)18-29(32,33)30(34,35)36)37-28(39)25-11-5-7-21-6-2-1-3-10-24(21)25/h3-5,7-15,17,26-27,38H,1-2,6,16,18H2,(H,37,39). The second kappa shape index (κ2) is 11.9. The van der Waals surface area contributed by atoms with Crippen molar-refractivity contribution in [3.05, 3.63) is 111 Å². The van der Waals surface area contributed by atoms with E-state index in [1.807, 2.05) is 24.3 Å². The Bertz CT molecular complexity index is 1340. The first kappa shape index (κ1) is 28.8. The van der Waals surface area contributed by atoms with E-state index in [-0.39, 0.29) is 12.0 Å². The maximum Gasteiger partial charge on any atom is 0.453 e. The van der Waals surface area contributed by atoms with Crippen molar-refractivity contribution in [3.8, 4) is 0 Å². The Kier molecular flexibility index (Phi) is 8.76.